The minimum absolute atomic E-state index is 0.567. The van der Waals surface area contributed by atoms with Crippen molar-refractivity contribution >= 4 is 17.0 Å². The highest BCUT2D eigenvalue weighted by molar-refractivity contribution is 7.15. The minimum Gasteiger partial charge on any atom is -0.397 e. The molecule has 0 aliphatic carbocycles. The van der Waals surface area contributed by atoms with Crippen LogP contribution in [0.15, 0.2) is 30.5 Å². The van der Waals surface area contributed by atoms with E-state index in [1.807, 2.05) is 24.3 Å². The molecule has 0 saturated heterocycles. The Balaban J connectivity index is 2.44. The lowest BCUT2D eigenvalue weighted by Gasteiger charge is -1.99. The van der Waals surface area contributed by atoms with Crippen molar-refractivity contribution in [3.05, 3.63) is 35.3 Å². The Kier molecular flexibility index (Phi) is 2.47. The van der Waals surface area contributed by atoms with Crippen molar-refractivity contribution in [2.45, 2.75) is 6.54 Å². The van der Waals surface area contributed by atoms with Crippen molar-refractivity contribution in [2.24, 2.45) is 5.73 Å². The average molecular weight is 205 g/mol. The lowest BCUT2D eigenvalue weighted by atomic mass is 10.2. The van der Waals surface area contributed by atoms with Crippen LogP contribution in [0.25, 0.3) is 10.6 Å². The van der Waals surface area contributed by atoms with Gasteiger partial charge in [-0.1, -0.05) is 0 Å². The number of nitrogen functional groups attached to an aromatic ring is 1. The Morgan fingerprint density at radius 2 is 2.14 bits per heavy atom. The van der Waals surface area contributed by atoms with Gasteiger partial charge in [-0.15, -0.1) is 11.3 Å². The van der Waals surface area contributed by atoms with Crippen molar-refractivity contribution in [2.75, 3.05) is 5.73 Å². The number of anilines is 1. The van der Waals surface area contributed by atoms with Crippen molar-refractivity contribution in [3.63, 3.8) is 0 Å². The highest BCUT2D eigenvalue weighted by Gasteiger charge is 2.05. The van der Waals surface area contributed by atoms with Gasteiger partial charge in [0.15, 0.2) is 0 Å². The second-order valence-corrected chi connectivity index (χ2v) is 4.08. The summed E-state index contributed by atoms with van der Waals surface area (Å²) in [4.78, 5) is 6.46. The average Bonchev–Trinajstić information content (AvgIpc) is 2.67. The topological polar surface area (TPSA) is 64.9 Å². The first kappa shape index (κ1) is 9.18. The molecule has 2 rings (SSSR count). The fraction of sp³-hybridized carbons (Fsp3) is 0.100. The normalized spacial score (nSPS) is 10.4. The molecule has 2 aromatic rings. The zero-order valence-corrected chi connectivity index (χ0v) is 8.42. The van der Waals surface area contributed by atoms with Gasteiger partial charge in [0.25, 0.3) is 0 Å². The van der Waals surface area contributed by atoms with E-state index in [1.165, 1.54) is 0 Å². The van der Waals surface area contributed by atoms with Gasteiger partial charge in [0, 0.05) is 17.6 Å². The number of hydrogen-bond donors (Lipinski definition) is 2. The number of rotatable bonds is 2. The maximum absolute atomic E-state index is 5.82. The molecule has 0 saturated carbocycles. The summed E-state index contributed by atoms with van der Waals surface area (Å²) < 4.78 is 0. The molecule has 2 heterocycles. The predicted octanol–water partition coefficient (Wildman–Crippen LogP) is 1.85. The summed E-state index contributed by atoms with van der Waals surface area (Å²) in [7, 11) is 0. The molecule has 0 fully saturated rings. The molecule has 0 bridgehead atoms. The number of thiophene rings is 1. The summed E-state index contributed by atoms with van der Waals surface area (Å²) in [5.74, 6) is 0. The Morgan fingerprint density at radius 3 is 2.79 bits per heavy atom. The van der Waals surface area contributed by atoms with Crippen LogP contribution in [0.2, 0.25) is 0 Å². The van der Waals surface area contributed by atoms with Crippen LogP contribution in [0.3, 0.4) is 0 Å². The molecule has 4 N–H and O–H groups in total. The predicted molar refractivity (Wildman–Crippen MR) is 59.9 cm³/mol. The number of hydrogen-bond acceptors (Lipinski definition) is 4. The molecule has 3 nitrogen and oxygen atoms in total. The summed E-state index contributed by atoms with van der Waals surface area (Å²) in [5, 5.41) is 0. The van der Waals surface area contributed by atoms with Crippen LogP contribution in [0.4, 0.5) is 5.69 Å². The minimum atomic E-state index is 0.567. The van der Waals surface area contributed by atoms with Crippen LogP contribution >= 0.6 is 11.3 Å². The molecule has 0 aromatic carbocycles. The molecule has 0 amide bonds. The molecule has 4 heteroatoms. The lowest BCUT2D eigenvalue weighted by molar-refractivity contribution is 1.11. The quantitative estimate of drug-likeness (QED) is 0.786. The number of nitrogens with zero attached hydrogens (tertiary/aromatic N) is 1. The second-order valence-electron chi connectivity index (χ2n) is 2.91. The van der Waals surface area contributed by atoms with Gasteiger partial charge in [0.2, 0.25) is 0 Å². The zero-order valence-electron chi connectivity index (χ0n) is 7.60. The Morgan fingerprint density at radius 1 is 1.29 bits per heavy atom. The SMILES string of the molecule is NCc1ccc(-c2ncccc2N)s1. The van der Waals surface area contributed by atoms with Gasteiger partial charge in [0.05, 0.1) is 10.6 Å². The smallest absolute Gasteiger partial charge is 0.103 e. The molecule has 72 valence electrons. The lowest BCUT2D eigenvalue weighted by Crippen LogP contribution is -1.91. The molecule has 0 atom stereocenters. The summed E-state index contributed by atoms with van der Waals surface area (Å²) in [6.45, 7) is 0.567. The van der Waals surface area contributed by atoms with Crippen LogP contribution in [0, 0.1) is 0 Å². The molecule has 0 radical (unpaired) electrons. The highest BCUT2D eigenvalue weighted by atomic mass is 32.1. The molecule has 2 aromatic heterocycles. The van der Waals surface area contributed by atoms with Crippen LogP contribution in [0.1, 0.15) is 4.88 Å². The van der Waals surface area contributed by atoms with E-state index in [1.54, 1.807) is 17.5 Å². The fourth-order valence-electron chi connectivity index (χ4n) is 1.24. The number of nitrogens with two attached hydrogens (primary N) is 2. The maximum atomic E-state index is 5.82. The van der Waals surface area contributed by atoms with Crippen molar-refractivity contribution < 1.29 is 0 Å². The molecular formula is C10H11N3S. The highest BCUT2D eigenvalue weighted by Crippen LogP contribution is 2.29. The van der Waals surface area contributed by atoms with Crippen LogP contribution < -0.4 is 11.5 Å². The Hall–Kier alpha value is -1.39. The van der Waals surface area contributed by atoms with E-state index in [9.17, 15) is 0 Å². The molecule has 0 aliphatic heterocycles. The van der Waals surface area contributed by atoms with E-state index in [0.717, 1.165) is 15.4 Å². The van der Waals surface area contributed by atoms with Gasteiger partial charge >= 0.3 is 0 Å². The van der Waals surface area contributed by atoms with Crippen LogP contribution in [-0.4, -0.2) is 4.98 Å². The third kappa shape index (κ3) is 1.62. The molecule has 14 heavy (non-hydrogen) atoms. The first-order valence-corrected chi connectivity index (χ1v) is 5.12. The van der Waals surface area contributed by atoms with Crippen LogP contribution in [0.5, 0.6) is 0 Å². The third-order valence-electron chi connectivity index (χ3n) is 1.94. The van der Waals surface area contributed by atoms with Crippen molar-refractivity contribution in [1.29, 1.82) is 0 Å². The van der Waals surface area contributed by atoms with Gasteiger partial charge in [-0.05, 0) is 24.3 Å². The Bertz CT molecular complexity index is 436. The van der Waals surface area contributed by atoms with Gasteiger partial charge in [-0.25, -0.2) is 0 Å². The summed E-state index contributed by atoms with van der Waals surface area (Å²) in [6, 6.07) is 7.69. The number of pyridine rings is 1. The van der Waals surface area contributed by atoms with E-state index < -0.39 is 0 Å². The first-order chi connectivity index (χ1) is 6.81. The zero-order chi connectivity index (χ0) is 9.97. The van der Waals surface area contributed by atoms with Crippen molar-refractivity contribution in [1.82, 2.24) is 4.98 Å². The van der Waals surface area contributed by atoms with E-state index >= 15 is 0 Å². The van der Waals surface area contributed by atoms with E-state index in [-0.39, 0.29) is 0 Å². The van der Waals surface area contributed by atoms with E-state index in [0.29, 0.717) is 12.2 Å². The fourth-order valence-corrected chi connectivity index (χ4v) is 2.14. The Labute approximate surface area is 86.4 Å². The largest absolute Gasteiger partial charge is 0.397 e. The van der Waals surface area contributed by atoms with Gasteiger partial charge in [-0.3, -0.25) is 4.98 Å². The second kappa shape index (κ2) is 3.77. The summed E-state index contributed by atoms with van der Waals surface area (Å²) >= 11 is 1.63. The standard InChI is InChI=1S/C10H11N3S/c11-6-7-3-4-9(14-7)10-8(12)2-1-5-13-10/h1-5H,6,11-12H2. The summed E-state index contributed by atoms with van der Waals surface area (Å²) in [5.41, 5.74) is 12.9. The van der Waals surface area contributed by atoms with Crippen LogP contribution in [-0.2, 0) is 6.54 Å². The maximum Gasteiger partial charge on any atom is 0.103 e. The first-order valence-electron chi connectivity index (χ1n) is 4.31. The van der Waals surface area contributed by atoms with Crippen molar-refractivity contribution in [3.8, 4) is 10.6 Å². The molecule has 0 unspecified atom stereocenters. The van der Waals surface area contributed by atoms with Gasteiger partial charge in [-0.2, -0.15) is 0 Å². The van der Waals surface area contributed by atoms with E-state index in [4.69, 9.17) is 11.5 Å². The van der Waals surface area contributed by atoms with Gasteiger partial charge < -0.3 is 11.5 Å². The van der Waals surface area contributed by atoms with Gasteiger partial charge in [0.1, 0.15) is 5.69 Å². The third-order valence-corrected chi connectivity index (χ3v) is 3.05. The monoisotopic (exact) mass is 205 g/mol. The molecule has 0 aliphatic rings. The molecule has 0 spiro atoms. The number of aromatic nitrogens is 1. The van der Waals surface area contributed by atoms with E-state index in [2.05, 4.69) is 4.98 Å². The molecular weight excluding hydrogens is 194 g/mol. The summed E-state index contributed by atoms with van der Waals surface area (Å²) in [6.07, 6.45) is 1.74.